The first-order valence-electron chi connectivity index (χ1n) is 10.4. The molecule has 1 aromatic carbocycles. The van der Waals surface area contributed by atoms with E-state index in [0.717, 1.165) is 37.2 Å². The SMILES string of the molecule is Cc1cc(C(=O)NC2CCCC2)ccc1NC(=O)CC(C)C1CCCNC1.Cl. The number of carbonyl (C=O) groups excluding carboxylic acids is 2. The molecule has 3 N–H and O–H groups in total. The van der Waals surface area contributed by atoms with Crippen molar-refractivity contribution in [2.75, 3.05) is 18.4 Å². The quantitative estimate of drug-likeness (QED) is 0.666. The third kappa shape index (κ3) is 6.21. The lowest BCUT2D eigenvalue weighted by atomic mass is 9.85. The first-order chi connectivity index (χ1) is 13.0. The van der Waals surface area contributed by atoms with Gasteiger partial charge in [-0.25, -0.2) is 0 Å². The van der Waals surface area contributed by atoms with Crippen LogP contribution in [0.25, 0.3) is 0 Å². The van der Waals surface area contributed by atoms with Crippen LogP contribution in [-0.2, 0) is 4.79 Å². The van der Waals surface area contributed by atoms with Crippen molar-refractivity contribution in [1.82, 2.24) is 10.6 Å². The Hall–Kier alpha value is -1.59. The average Bonchev–Trinajstić information content (AvgIpc) is 3.17. The normalized spacial score (nSPS) is 20.9. The maximum Gasteiger partial charge on any atom is 0.251 e. The molecule has 2 fully saturated rings. The minimum absolute atomic E-state index is 0. The first kappa shape index (κ1) is 22.7. The number of piperidine rings is 1. The van der Waals surface area contributed by atoms with Gasteiger partial charge in [-0.05, 0) is 81.3 Å². The van der Waals surface area contributed by atoms with Gasteiger partial charge >= 0.3 is 0 Å². The van der Waals surface area contributed by atoms with Gasteiger partial charge in [-0.15, -0.1) is 12.4 Å². The summed E-state index contributed by atoms with van der Waals surface area (Å²) in [4.78, 5) is 24.9. The molecular formula is C22H34ClN3O2. The molecule has 1 heterocycles. The molecule has 1 saturated carbocycles. The van der Waals surface area contributed by atoms with Crippen LogP contribution in [0.4, 0.5) is 5.69 Å². The van der Waals surface area contributed by atoms with Crippen molar-refractivity contribution in [3.63, 3.8) is 0 Å². The van der Waals surface area contributed by atoms with E-state index < -0.39 is 0 Å². The lowest BCUT2D eigenvalue weighted by Gasteiger charge is -2.28. The molecule has 2 amide bonds. The van der Waals surface area contributed by atoms with E-state index in [2.05, 4.69) is 22.9 Å². The topological polar surface area (TPSA) is 70.2 Å². The molecule has 1 aliphatic carbocycles. The number of nitrogens with one attached hydrogen (secondary N) is 3. The molecule has 1 saturated heterocycles. The lowest BCUT2D eigenvalue weighted by molar-refractivity contribution is -0.117. The van der Waals surface area contributed by atoms with Crippen LogP contribution in [0.1, 0.15) is 67.8 Å². The molecule has 0 bridgehead atoms. The highest BCUT2D eigenvalue weighted by molar-refractivity contribution is 5.96. The van der Waals surface area contributed by atoms with Gasteiger partial charge in [0.15, 0.2) is 0 Å². The molecule has 0 aromatic heterocycles. The van der Waals surface area contributed by atoms with Crippen molar-refractivity contribution in [2.45, 2.75) is 64.8 Å². The van der Waals surface area contributed by atoms with Gasteiger partial charge in [0.1, 0.15) is 0 Å². The maximum atomic E-state index is 12.5. The molecule has 3 rings (SSSR count). The molecule has 5 nitrogen and oxygen atoms in total. The molecule has 6 heteroatoms. The zero-order valence-electron chi connectivity index (χ0n) is 17.1. The van der Waals surface area contributed by atoms with Gasteiger partial charge in [-0.3, -0.25) is 9.59 Å². The number of hydrogen-bond acceptors (Lipinski definition) is 3. The van der Waals surface area contributed by atoms with Crippen molar-refractivity contribution < 1.29 is 9.59 Å². The Labute approximate surface area is 174 Å². The van der Waals surface area contributed by atoms with E-state index >= 15 is 0 Å². The molecule has 2 aliphatic rings. The predicted molar refractivity (Wildman–Crippen MR) is 116 cm³/mol. The van der Waals surface area contributed by atoms with Gasteiger partial charge < -0.3 is 16.0 Å². The Morgan fingerprint density at radius 3 is 2.57 bits per heavy atom. The highest BCUT2D eigenvalue weighted by Gasteiger charge is 2.22. The summed E-state index contributed by atoms with van der Waals surface area (Å²) in [5.74, 6) is 0.988. The lowest BCUT2D eigenvalue weighted by Crippen LogP contribution is -2.34. The van der Waals surface area contributed by atoms with Crippen molar-refractivity contribution >= 4 is 29.9 Å². The molecule has 28 heavy (non-hydrogen) atoms. The van der Waals surface area contributed by atoms with Crippen molar-refractivity contribution in [3.8, 4) is 0 Å². The molecule has 2 unspecified atom stereocenters. The fraction of sp³-hybridized carbons (Fsp3) is 0.636. The van der Waals surface area contributed by atoms with Crippen LogP contribution in [-0.4, -0.2) is 30.9 Å². The minimum Gasteiger partial charge on any atom is -0.349 e. The third-order valence-corrected chi connectivity index (χ3v) is 6.10. The van der Waals surface area contributed by atoms with Crippen molar-refractivity contribution in [3.05, 3.63) is 29.3 Å². The molecule has 2 atom stereocenters. The Morgan fingerprint density at radius 2 is 1.93 bits per heavy atom. The molecular weight excluding hydrogens is 374 g/mol. The Bertz CT molecular complexity index is 668. The van der Waals surface area contributed by atoms with Gasteiger partial charge in [0.25, 0.3) is 5.91 Å². The molecule has 0 radical (unpaired) electrons. The summed E-state index contributed by atoms with van der Waals surface area (Å²) in [6.07, 6.45) is 7.48. The summed E-state index contributed by atoms with van der Waals surface area (Å²) in [6, 6.07) is 5.84. The maximum absolute atomic E-state index is 12.5. The van der Waals surface area contributed by atoms with Crippen molar-refractivity contribution in [2.24, 2.45) is 11.8 Å². The molecule has 0 spiro atoms. The van der Waals surface area contributed by atoms with Gasteiger partial charge in [-0.1, -0.05) is 19.8 Å². The summed E-state index contributed by atoms with van der Waals surface area (Å²) in [6.45, 7) is 6.21. The monoisotopic (exact) mass is 407 g/mol. The van der Waals surface area contributed by atoms with E-state index in [1.807, 2.05) is 19.1 Å². The van der Waals surface area contributed by atoms with Crippen LogP contribution in [0.2, 0.25) is 0 Å². The summed E-state index contributed by atoms with van der Waals surface area (Å²) >= 11 is 0. The number of anilines is 1. The van der Waals surface area contributed by atoms with E-state index in [-0.39, 0.29) is 24.2 Å². The Morgan fingerprint density at radius 1 is 1.18 bits per heavy atom. The standard InChI is InChI=1S/C22H33N3O2.ClH/c1-15(18-6-5-11-23-14-18)13-21(26)25-20-10-9-17(12-16(20)2)22(27)24-19-7-3-4-8-19;/h9-10,12,15,18-19,23H,3-8,11,13-14H2,1-2H3,(H,24,27)(H,25,26);1H. The van der Waals surface area contributed by atoms with Crippen LogP contribution in [0, 0.1) is 18.8 Å². The van der Waals surface area contributed by atoms with Crippen LogP contribution in [0.3, 0.4) is 0 Å². The van der Waals surface area contributed by atoms with Gasteiger partial charge in [0.2, 0.25) is 5.91 Å². The zero-order valence-corrected chi connectivity index (χ0v) is 17.9. The van der Waals surface area contributed by atoms with Crippen LogP contribution in [0.5, 0.6) is 0 Å². The van der Waals surface area contributed by atoms with E-state index in [0.29, 0.717) is 29.9 Å². The number of hydrogen-bond donors (Lipinski definition) is 3. The largest absolute Gasteiger partial charge is 0.349 e. The molecule has 1 aromatic rings. The second-order valence-corrected chi connectivity index (χ2v) is 8.32. The fourth-order valence-electron chi connectivity index (χ4n) is 4.31. The summed E-state index contributed by atoms with van der Waals surface area (Å²) in [5.41, 5.74) is 2.39. The van der Waals surface area contributed by atoms with Crippen molar-refractivity contribution in [1.29, 1.82) is 0 Å². The van der Waals surface area contributed by atoms with Crippen LogP contribution >= 0.6 is 12.4 Å². The first-order valence-corrected chi connectivity index (χ1v) is 10.4. The minimum atomic E-state index is -0.0127. The van der Waals surface area contributed by atoms with E-state index in [4.69, 9.17) is 0 Å². The van der Waals surface area contributed by atoms with Gasteiger partial charge in [0.05, 0.1) is 0 Å². The summed E-state index contributed by atoms with van der Waals surface area (Å²) < 4.78 is 0. The van der Waals surface area contributed by atoms with E-state index in [9.17, 15) is 9.59 Å². The fourth-order valence-corrected chi connectivity index (χ4v) is 4.31. The molecule has 156 valence electrons. The number of aryl methyl sites for hydroxylation is 1. The molecule has 1 aliphatic heterocycles. The second kappa shape index (κ2) is 10.8. The Kier molecular flexibility index (Phi) is 8.77. The number of benzene rings is 1. The summed E-state index contributed by atoms with van der Waals surface area (Å²) in [7, 11) is 0. The second-order valence-electron chi connectivity index (χ2n) is 8.32. The van der Waals surface area contributed by atoms with Crippen LogP contribution < -0.4 is 16.0 Å². The Balaban J connectivity index is 0.00000280. The van der Waals surface area contributed by atoms with Gasteiger partial charge in [0, 0.05) is 23.7 Å². The summed E-state index contributed by atoms with van der Waals surface area (Å²) in [5, 5.41) is 9.56. The number of carbonyl (C=O) groups is 2. The smallest absolute Gasteiger partial charge is 0.251 e. The number of amides is 2. The number of halogens is 1. The van der Waals surface area contributed by atoms with Crippen LogP contribution in [0.15, 0.2) is 18.2 Å². The highest BCUT2D eigenvalue weighted by atomic mass is 35.5. The number of rotatable bonds is 6. The average molecular weight is 408 g/mol. The van der Waals surface area contributed by atoms with E-state index in [1.165, 1.54) is 25.7 Å². The third-order valence-electron chi connectivity index (χ3n) is 6.10. The van der Waals surface area contributed by atoms with Gasteiger partial charge in [-0.2, -0.15) is 0 Å². The highest BCUT2D eigenvalue weighted by Crippen LogP contribution is 2.24. The van der Waals surface area contributed by atoms with E-state index in [1.54, 1.807) is 6.07 Å². The predicted octanol–water partition coefficient (Wildman–Crippen LogP) is 4.05. The zero-order chi connectivity index (χ0) is 19.2.